The van der Waals surface area contributed by atoms with Crippen molar-refractivity contribution in [3.05, 3.63) is 47.5 Å². The Bertz CT molecular complexity index is 1030. The third kappa shape index (κ3) is 5.16. The minimum atomic E-state index is -4.33. The van der Waals surface area contributed by atoms with Crippen molar-refractivity contribution in [2.75, 3.05) is 32.0 Å². The molecule has 1 fully saturated rings. The zero-order valence-corrected chi connectivity index (χ0v) is 18.6. The van der Waals surface area contributed by atoms with Crippen molar-refractivity contribution in [2.24, 2.45) is 7.05 Å². The van der Waals surface area contributed by atoms with Crippen LogP contribution in [0.4, 0.5) is 13.2 Å². The van der Waals surface area contributed by atoms with E-state index in [1.165, 1.54) is 18.5 Å². The molecule has 3 heterocycles. The zero-order valence-electron chi connectivity index (χ0n) is 17.8. The fraction of sp³-hybridized carbons (Fsp3) is 0.476. The van der Waals surface area contributed by atoms with Gasteiger partial charge in [-0.25, -0.2) is 4.98 Å². The van der Waals surface area contributed by atoms with Gasteiger partial charge in [0.15, 0.2) is 17.3 Å². The molecule has 0 amide bonds. The molecule has 0 spiro atoms. The second-order valence-electron chi connectivity index (χ2n) is 7.61. The molecule has 1 atom stereocenters. The van der Waals surface area contributed by atoms with Crippen molar-refractivity contribution >= 4 is 11.8 Å². The Morgan fingerprint density at radius 1 is 1.19 bits per heavy atom. The van der Waals surface area contributed by atoms with Crippen LogP contribution in [0.25, 0.3) is 11.6 Å². The molecule has 32 heavy (non-hydrogen) atoms. The standard InChI is InChI=1S/C21H24F3N5O2S/c1-14-18(31-13-25-14)19-26-27-20(28(19)2)32-11-3-8-29-9-10-30-17(12-29)15-4-6-16(7-5-15)21(22,23)24/h4-7,13,17H,3,8-12H2,1-2H3/t17-/m1/s1. The Morgan fingerprint density at radius 2 is 1.97 bits per heavy atom. The molecule has 3 aromatic rings. The molecule has 172 valence electrons. The van der Waals surface area contributed by atoms with Crippen LogP contribution >= 0.6 is 11.8 Å². The first-order chi connectivity index (χ1) is 15.3. The summed E-state index contributed by atoms with van der Waals surface area (Å²) >= 11 is 1.62. The molecular formula is C21H24F3N5O2S. The van der Waals surface area contributed by atoms with Gasteiger partial charge in [-0.05, 0) is 37.6 Å². The molecule has 0 saturated carbocycles. The van der Waals surface area contributed by atoms with E-state index in [0.29, 0.717) is 24.7 Å². The van der Waals surface area contributed by atoms with Crippen molar-refractivity contribution in [2.45, 2.75) is 30.8 Å². The van der Waals surface area contributed by atoms with Crippen molar-refractivity contribution in [3.8, 4) is 11.6 Å². The van der Waals surface area contributed by atoms with Crippen LogP contribution in [0.15, 0.2) is 40.2 Å². The smallest absolute Gasteiger partial charge is 0.416 e. The quantitative estimate of drug-likeness (QED) is 0.378. The van der Waals surface area contributed by atoms with Gasteiger partial charge in [0.05, 0.1) is 24.0 Å². The summed E-state index contributed by atoms with van der Waals surface area (Å²) in [6, 6.07) is 5.25. The van der Waals surface area contributed by atoms with Crippen LogP contribution in [0, 0.1) is 6.92 Å². The molecule has 1 aliphatic rings. The summed E-state index contributed by atoms with van der Waals surface area (Å²) in [6.07, 6.45) is -2.21. The molecular weight excluding hydrogens is 443 g/mol. The number of nitrogens with zero attached hydrogens (tertiary/aromatic N) is 5. The maximum absolute atomic E-state index is 12.8. The zero-order chi connectivity index (χ0) is 22.7. The molecule has 11 heteroatoms. The molecule has 0 N–H and O–H groups in total. The number of hydrogen-bond donors (Lipinski definition) is 0. The summed E-state index contributed by atoms with van der Waals surface area (Å²) in [7, 11) is 1.90. The van der Waals surface area contributed by atoms with Crippen LogP contribution in [0.5, 0.6) is 0 Å². The maximum atomic E-state index is 12.8. The van der Waals surface area contributed by atoms with Gasteiger partial charge in [0, 0.05) is 25.9 Å². The lowest BCUT2D eigenvalue weighted by molar-refractivity contribution is -0.137. The minimum Gasteiger partial charge on any atom is -0.440 e. The molecule has 4 rings (SSSR count). The minimum absolute atomic E-state index is 0.217. The fourth-order valence-corrected chi connectivity index (χ4v) is 4.44. The van der Waals surface area contributed by atoms with Gasteiger partial charge in [-0.1, -0.05) is 23.9 Å². The number of ether oxygens (including phenoxy) is 1. The predicted octanol–water partition coefficient (Wildman–Crippen LogP) is 4.35. The number of rotatable bonds is 7. The highest BCUT2D eigenvalue weighted by Crippen LogP contribution is 2.31. The number of aryl methyl sites for hydroxylation is 1. The third-order valence-electron chi connectivity index (χ3n) is 5.39. The first kappa shape index (κ1) is 22.8. The molecule has 1 saturated heterocycles. The van der Waals surface area contributed by atoms with Crippen LogP contribution in [-0.2, 0) is 18.0 Å². The largest absolute Gasteiger partial charge is 0.440 e. The molecule has 0 unspecified atom stereocenters. The summed E-state index contributed by atoms with van der Waals surface area (Å²) in [4.78, 5) is 6.38. The maximum Gasteiger partial charge on any atom is 0.416 e. The Labute approximate surface area is 188 Å². The van der Waals surface area contributed by atoms with E-state index < -0.39 is 11.7 Å². The highest BCUT2D eigenvalue weighted by molar-refractivity contribution is 7.99. The average molecular weight is 468 g/mol. The van der Waals surface area contributed by atoms with Crippen LogP contribution in [0.2, 0.25) is 0 Å². The SMILES string of the molecule is Cc1ncoc1-c1nnc(SCCCN2CCO[C@@H](c3ccc(C(F)(F)F)cc3)C2)n1C. The van der Waals surface area contributed by atoms with Crippen LogP contribution < -0.4 is 0 Å². The number of thioether (sulfide) groups is 1. The van der Waals surface area contributed by atoms with Gasteiger partial charge in [0.1, 0.15) is 0 Å². The van der Waals surface area contributed by atoms with Gasteiger partial charge in [0.25, 0.3) is 0 Å². The molecule has 0 radical (unpaired) electrons. The molecule has 1 aliphatic heterocycles. The lowest BCUT2D eigenvalue weighted by Gasteiger charge is -2.33. The summed E-state index contributed by atoms with van der Waals surface area (Å²) in [5.74, 6) is 2.13. The number of alkyl halides is 3. The average Bonchev–Trinajstić information content (AvgIpc) is 3.36. The Morgan fingerprint density at radius 3 is 2.66 bits per heavy atom. The van der Waals surface area contributed by atoms with E-state index in [9.17, 15) is 13.2 Å². The molecule has 0 aliphatic carbocycles. The van der Waals surface area contributed by atoms with Crippen molar-refractivity contribution in [1.29, 1.82) is 0 Å². The third-order valence-corrected chi connectivity index (χ3v) is 6.50. The lowest BCUT2D eigenvalue weighted by Crippen LogP contribution is -2.39. The molecule has 0 bridgehead atoms. The first-order valence-electron chi connectivity index (χ1n) is 10.3. The van der Waals surface area contributed by atoms with E-state index in [4.69, 9.17) is 9.15 Å². The van der Waals surface area contributed by atoms with Gasteiger partial charge in [-0.15, -0.1) is 10.2 Å². The van der Waals surface area contributed by atoms with Gasteiger partial charge in [-0.2, -0.15) is 13.2 Å². The summed E-state index contributed by atoms with van der Waals surface area (Å²) in [6.45, 7) is 4.76. The Kier molecular flexibility index (Phi) is 6.87. The number of oxazole rings is 1. The van der Waals surface area contributed by atoms with Gasteiger partial charge in [0.2, 0.25) is 5.82 Å². The van der Waals surface area contributed by atoms with E-state index >= 15 is 0 Å². The summed E-state index contributed by atoms with van der Waals surface area (Å²) in [5.41, 5.74) is 0.898. The second kappa shape index (κ2) is 9.63. The Hall–Kier alpha value is -2.37. The highest BCUT2D eigenvalue weighted by Gasteiger charge is 2.30. The van der Waals surface area contributed by atoms with E-state index in [-0.39, 0.29) is 6.10 Å². The van der Waals surface area contributed by atoms with Crippen LogP contribution in [0.3, 0.4) is 0 Å². The monoisotopic (exact) mass is 467 g/mol. The van der Waals surface area contributed by atoms with Crippen molar-refractivity contribution in [1.82, 2.24) is 24.6 Å². The van der Waals surface area contributed by atoms with Crippen molar-refractivity contribution < 1.29 is 22.3 Å². The molecule has 2 aromatic heterocycles. The number of morpholine rings is 1. The number of benzene rings is 1. The van der Waals surface area contributed by atoms with E-state index in [0.717, 1.165) is 53.8 Å². The van der Waals surface area contributed by atoms with E-state index in [1.54, 1.807) is 11.8 Å². The van der Waals surface area contributed by atoms with Crippen LogP contribution in [-0.4, -0.2) is 56.6 Å². The fourth-order valence-electron chi connectivity index (χ4n) is 3.60. The predicted molar refractivity (Wildman–Crippen MR) is 113 cm³/mol. The van der Waals surface area contributed by atoms with Gasteiger partial charge >= 0.3 is 6.18 Å². The van der Waals surface area contributed by atoms with Crippen molar-refractivity contribution in [3.63, 3.8) is 0 Å². The van der Waals surface area contributed by atoms with E-state index in [1.807, 2.05) is 18.5 Å². The number of halogens is 3. The first-order valence-corrected chi connectivity index (χ1v) is 11.2. The Balaban J connectivity index is 1.26. The topological polar surface area (TPSA) is 69.2 Å². The lowest BCUT2D eigenvalue weighted by atomic mass is 10.1. The highest BCUT2D eigenvalue weighted by atomic mass is 32.2. The molecule has 1 aromatic carbocycles. The summed E-state index contributed by atoms with van der Waals surface area (Å²) < 4.78 is 51.4. The summed E-state index contributed by atoms with van der Waals surface area (Å²) in [5, 5.41) is 9.27. The van der Waals surface area contributed by atoms with Gasteiger partial charge in [-0.3, -0.25) is 4.90 Å². The molecule has 7 nitrogen and oxygen atoms in total. The second-order valence-corrected chi connectivity index (χ2v) is 8.68. The van der Waals surface area contributed by atoms with E-state index in [2.05, 4.69) is 20.1 Å². The van der Waals surface area contributed by atoms with Crippen LogP contribution in [0.1, 0.15) is 29.3 Å². The van der Waals surface area contributed by atoms with Gasteiger partial charge < -0.3 is 13.7 Å². The number of aromatic nitrogens is 4. The number of hydrogen-bond acceptors (Lipinski definition) is 7. The normalized spacial score (nSPS) is 17.7.